The van der Waals surface area contributed by atoms with Crippen molar-refractivity contribution in [3.05, 3.63) is 35.9 Å². The third kappa shape index (κ3) is 4.76. The lowest BCUT2D eigenvalue weighted by atomic mass is 9.99. The molecule has 0 unspecified atom stereocenters. The molecule has 0 aromatic heterocycles. The van der Waals surface area contributed by atoms with Crippen molar-refractivity contribution in [1.29, 1.82) is 0 Å². The molecule has 0 saturated heterocycles. The van der Waals surface area contributed by atoms with E-state index in [0.717, 1.165) is 43.5 Å². The Morgan fingerprint density at radius 3 is 2.52 bits per heavy atom. The van der Waals surface area contributed by atoms with Gasteiger partial charge in [0.2, 0.25) is 0 Å². The first kappa shape index (κ1) is 19.6. The van der Waals surface area contributed by atoms with Crippen molar-refractivity contribution in [1.82, 2.24) is 10.2 Å². The number of fused-ring (bicyclic) bond motifs is 1. The second kappa shape index (κ2) is 9.64. The van der Waals surface area contributed by atoms with E-state index in [-0.39, 0.29) is 24.0 Å². The summed E-state index contributed by atoms with van der Waals surface area (Å²) in [4.78, 5) is 6.83. The Balaban J connectivity index is 0.00000264. The van der Waals surface area contributed by atoms with Crippen molar-refractivity contribution in [2.75, 3.05) is 33.9 Å². The Kier molecular flexibility index (Phi) is 8.22. The molecule has 6 heteroatoms. The molecular weight excluding hydrogens is 405 g/mol. The van der Waals surface area contributed by atoms with Crippen LogP contribution in [0.15, 0.2) is 29.8 Å². The first-order chi connectivity index (χ1) is 10.7. The Hall–Kier alpha value is -1.44. The molecule has 1 aliphatic heterocycles. The monoisotopic (exact) mass is 431 g/mol. The fourth-order valence-corrected chi connectivity index (χ4v) is 2.64. The van der Waals surface area contributed by atoms with E-state index in [2.05, 4.69) is 40.8 Å². The molecule has 0 amide bonds. The van der Waals surface area contributed by atoms with Gasteiger partial charge in [0.05, 0.1) is 20.8 Å². The minimum atomic E-state index is 0. The molecule has 0 bridgehead atoms. The SMILES string of the molecule is C=CCN=C(NCC)N1CCc2cc(OC)c(OC)cc2C1.I. The zero-order valence-corrected chi connectivity index (χ0v) is 16.4. The summed E-state index contributed by atoms with van der Waals surface area (Å²) < 4.78 is 10.8. The van der Waals surface area contributed by atoms with E-state index in [4.69, 9.17) is 9.47 Å². The van der Waals surface area contributed by atoms with Crippen LogP contribution in [0.2, 0.25) is 0 Å². The number of nitrogens with one attached hydrogen (secondary N) is 1. The van der Waals surface area contributed by atoms with E-state index < -0.39 is 0 Å². The number of halogens is 1. The van der Waals surface area contributed by atoms with Crippen molar-refractivity contribution >= 4 is 29.9 Å². The Morgan fingerprint density at radius 1 is 1.30 bits per heavy atom. The van der Waals surface area contributed by atoms with E-state index in [1.807, 2.05) is 6.08 Å². The topological polar surface area (TPSA) is 46.1 Å². The average Bonchev–Trinajstić information content (AvgIpc) is 2.56. The number of guanidine groups is 1. The maximum atomic E-state index is 5.41. The van der Waals surface area contributed by atoms with E-state index in [0.29, 0.717) is 6.54 Å². The molecule has 0 fully saturated rings. The second-order valence-electron chi connectivity index (χ2n) is 5.13. The van der Waals surface area contributed by atoms with Gasteiger partial charge in [-0.05, 0) is 36.6 Å². The van der Waals surface area contributed by atoms with Gasteiger partial charge in [-0.15, -0.1) is 30.6 Å². The van der Waals surface area contributed by atoms with Crippen LogP contribution in [0.25, 0.3) is 0 Å². The number of nitrogens with zero attached hydrogens (tertiary/aromatic N) is 2. The van der Waals surface area contributed by atoms with E-state index in [1.165, 1.54) is 11.1 Å². The quantitative estimate of drug-likeness (QED) is 0.337. The maximum Gasteiger partial charge on any atom is 0.194 e. The summed E-state index contributed by atoms with van der Waals surface area (Å²) in [7, 11) is 3.34. The van der Waals surface area contributed by atoms with Gasteiger partial charge in [-0.3, -0.25) is 0 Å². The molecule has 1 aromatic rings. The first-order valence-electron chi connectivity index (χ1n) is 7.61. The maximum absolute atomic E-state index is 5.41. The molecule has 0 aliphatic carbocycles. The number of methoxy groups -OCH3 is 2. The third-order valence-corrected chi connectivity index (χ3v) is 3.72. The summed E-state index contributed by atoms with van der Waals surface area (Å²) in [5.41, 5.74) is 2.57. The zero-order chi connectivity index (χ0) is 15.9. The first-order valence-corrected chi connectivity index (χ1v) is 7.61. The normalized spacial score (nSPS) is 13.7. The zero-order valence-electron chi connectivity index (χ0n) is 14.1. The van der Waals surface area contributed by atoms with Gasteiger partial charge in [-0.2, -0.15) is 0 Å². The molecule has 1 N–H and O–H groups in total. The van der Waals surface area contributed by atoms with Crippen molar-refractivity contribution in [2.24, 2.45) is 4.99 Å². The highest BCUT2D eigenvalue weighted by Gasteiger charge is 2.21. The summed E-state index contributed by atoms with van der Waals surface area (Å²) in [5.74, 6) is 2.50. The van der Waals surface area contributed by atoms with Gasteiger partial charge >= 0.3 is 0 Å². The average molecular weight is 431 g/mol. The standard InChI is InChI=1S/C17H25N3O2.HI/c1-5-8-19-17(18-6-2)20-9-7-13-10-15(21-3)16(22-4)11-14(13)12-20;/h5,10-11H,1,6-9,12H2,2-4H3,(H,18,19);1H. The molecule has 1 aliphatic rings. The molecule has 5 nitrogen and oxygen atoms in total. The number of rotatable bonds is 5. The Labute approximate surface area is 155 Å². The van der Waals surface area contributed by atoms with E-state index in [1.54, 1.807) is 14.2 Å². The molecule has 0 saturated carbocycles. The fourth-order valence-electron chi connectivity index (χ4n) is 2.64. The summed E-state index contributed by atoms with van der Waals surface area (Å²) in [6.45, 7) is 9.04. The second-order valence-corrected chi connectivity index (χ2v) is 5.13. The van der Waals surface area contributed by atoms with Crippen LogP contribution in [-0.4, -0.2) is 44.7 Å². The lowest BCUT2D eigenvalue weighted by Gasteiger charge is -2.32. The molecule has 0 atom stereocenters. The summed E-state index contributed by atoms with van der Waals surface area (Å²) in [6.07, 6.45) is 2.78. The molecule has 23 heavy (non-hydrogen) atoms. The van der Waals surface area contributed by atoms with Gasteiger partial charge < -0.3 is 19.7 Å². The van der Waals surface area contributed by atoms with Crippen LogP contribution in [-0.2, 0) is 13.0 Å². The van der Waals surface area contributed by atoms with Crippen LogP contribution >= 0.6 is 24.0 Å². The number of hydrogen-bond acceptors (Lipinski definition) is 3. The number of aliphatic imine (C=N–C) groups is 1. The predicted octanol–water partition coefficient (Wildman–Crippen LogP) is 2.83. The van der Waals surface area contributed by atoms with Gasteiger partial charge in [-0.25, -0.2) is 4.99 Å². The van der Waals surface area contributed by atoms with Crippen molar-refractivity contribution in [3.8, 4) is 11.5 Å². The minimum Gasteiger partial charge on any atom is -0.493 e. The number of ether oxygens (including phenoxy) is 2. The van der Waals surface area contributed by atoms with Crippen LogP contribution in [0, 0.1) is 0 Å². The van der Waals surface area contributed by atoms with Gasteiger partial charge in [0, 0.05) is 19.6 Å². The highest BCUT2D eigenvalue weighted by atomic mass is 127. The largest absolute Gasteiger partial charge is 0.493 e. The smallest absolute Gasteiger partial charge is 0.194 e. The van der Waals surface area contributed by atoms with Crippen molar-refractivity contribution in [2.45, 2.75) is 19.9 Å². The highest BCUT2D eigenvalue weighted by Crippen LogP contribution is 2.33. The van der Waals surface area contributed by atoms with Crippen molar-refractivity contribution in [3.63, 3.8) is 0 Å². The lowest BCUT2D eigenvalue weighted by molar-refractivity contribution is 0.346. The lowest BCUT2D eigenvalue weighted by Crippen LogP contribution is -2.44. The van der Waals surface area contributed by atoms with Crippen LogP contribution in [0.1, 0.15) is 18.1 Å². The molecule has 0 radical (unpaired) electrons. The predicted molar refractivity (Wildman–Crippen MR) is 105 cm³/mol. The van der Waals surface area contributed by atoms with Gasteiger partial charge in [0.25, 0.3) is 0 Å². The summed E-state index contributed by atoms with van der Waals surface area (Å²) >= 11 is 0. The highest BCUT2D eigenvalue weighted by molar-refractivity contribution is 14.0. The number of benzene rings is 1. The third-order valence-electron chi connectivity index (χ3n) is 3.72. The molecule has 0 spiro atoms. The molecule has 1 aromatic carbocycles. The van der Waals surface area contributed by atoms with Crippen LogP contribution in [0.5, 0.6) is 11.5 Å². The molecular formula is C17H26IN3O2. The summed E-state index contributed by atoms with van der Waals surface area (Å²) in [5, 5.41) is 3.34. The van der Waals surface area contributed by atoms with Gasteiger partial charge in [0.15, 0.2) is 17.5 Å². The van der Waals surface area contributed by atoms with Crippen LogP contribution in [0.3, 0.4) is 0 Å². The van der Waals surface area contributed by atoms with E-state index >= 15 is 0 Å². The van der Waals surface area contributed by atoms with Gasteiger partial charge in [0.1, 0.15) is 0 Å². The Bertz CT molecular complexity index is 561. The van der Waals surface area contributed by atoms with Crippen molar-refractivity contribution < 1.29 is 9.47 Å². The fraction of sp³-hybridized carbons (Fsp3) is 0.471. The van der Waals surface area contributed by atoms with Crippen LogP contribution in [0.4, 0.5) is 0 Å². The number of hydrogen-bond donors (Lipinski definition) is 1. The van der Waals surface area contributed by atoms with Crippen LogP contribution < -0.4 is 14.8 Å². The van der Waals surface area contributed by atoms with Gasteiger partial charge in [-0.1, -0.05) is 6.08 Å². The molecule has 1 heterocycles. The summed E-state index contributed by atoms with van der Waals surface area (Å²) in [6, 6.07) is 4.15. The molecule has 2 rings (SSSR count). The minimum absolute atomic E-state index is 0. The van der Waals surface area contributed by atoms with E-state index in [9.17, 15) is 0 Å². The molecule has 128 valence electrons. The Morgan fingerprint density at radius 2 is 1.96 bits per heavy atom.